The number of nitrogens with one attached hydrogen (secondary N) is 2. The lowest BCUT2D eigenvalue weighted by Crippen LogP contribution is -2.50. The Balaban J connectivity index is 0.898. The van der Waals surface area contributed by atoms with Gasteiger partial charge in [0.05, 0.1) is 35.3 Å². The van der Waals surface area contributed by atoms with Crippen LogP contribution in [0.1, 0.15) is 80.4 Å². The number of halogens is 2. The predicted octanol–water partition coefficient (Wildman–Crippen LogP) is 5.72. The minimum Gasteiger partial charge on any atom is -0.453 e. The van der Waals surface area contributed by atoms with Gasteiger partial charge < -0.3 is 28.7 Å². The van der Waals surface area contributed by atoms with E-state index in [0.29, 0.717) is 87.9 Å². The topological polar surface area (TPSA) is 223 Å². The molecule has 69 heavy (non-hydrogen) atoms. The summed E-state index contributed by atoms with van der Waals surface area (Å²) in [5, 5.41) is 12.7. The van der Waals surface area contributed by atoms with Crippen LogP contribution in [0, 0.1) is 17.1 Å². The van der Waals surface area contributed by atoms with E-state index in [0.717, 1.165) is 12.5 Å². The Morgan fingerprint density at radius 2 is 1.90 bits per heavy atom. The van der Waals surface area contributed by atoms with Crippen LogP contribution in [0.15, 0.2) is 59.7 Å². The monoisotopic (exact) mass is 1030 g/mol. The number of piperidine rings is 2. The second-order valence-corrected chi connectivity index (χ2v) is 21.7. The minimum absolute atomic E-state index is 0.0117. The minimum atomic E-state index is -5.37. The summed E-state index contributed by atoms with van der Waals surface area (Å²) < 4.78 is 87.3. The molecule has 2 amide bonds. The summed E-state index contributed by atoms with van der Waals surface area (Å²) in [7, 11) is 0.432. The van der Waals surface area contributed by atoms with Crippen LogP contribution in [0.2, 0.25) is 0 Å². The normalized spacial score (nSPS) is 18.4. The number of aromatic nitrogens is 2. The number of rotatable bonds is 19. The molecule has 0 radical (unpaired) electrons. The van der Waals surface area contributed by atoms with Crippen molar-refractivity contribution in [3.05, 3.63) is 87.7 Å². The number of carbonyl (C=O) groups is 3. The van der Waals surface area contributed by atoms with Crippen molar-refractivity contribution in [2.24, 2.45) is 0 Å². The van der Waals surface area contributed by atoms with E-state index in [9.17, 15) is 41.0 Å². The van der Waals surface area contributed by atoms with Crippen LogP contribution in [-0.4, -0.2) is 125 Å². The Labute approximate surface area is 409 Å². The summed E-state index contributed by atoms with van der Waals surface area (Å²) >= 11 is -1.69. The summed E-state index contributed by atoms with van der Waals surface area (Å²) in [4.78, 5) is 59.2. The van der Waals surface area contributed by atoms with Crippen LogP contribution in [-0.2, 0) is 40.8 Å². The molecule has 7 rings (SSSR count). The van der Waals surface area contributed by atoms with E-state index in [1.54, 1.807) is 25.2 Å². The molecule has 1 aromatic heterocycles. The van der Waals surface area contributed by atoms with Gasteiger partial charge in [0.1, 0.15) is 35.7 Å². The Kier molecular flexibility index (Phi) is 17.0. The lowest BCUT2D eigenvalue weighted by Gasteiger charge is -2.40. The average molecular weight is 1030 g/mol. The van der Waals surface area contributed by atoms with E-state index < -0.39 is 39.0 Å². The lowest BCUT2D eigenvalue weighted by molar-refractivity contribution is -0.137. The van der Waals surface area contributed by atoms with E-state index in [2.05, 4.69) is 15.0 Å². The molecule has 3 aliphatic rings. The van der Waals surface area contributed by atoms with E-state index in [-0.39, 0.29) is 81.8 Å². The van der Waals surface area contributed by atoms with Gasteiger partial charge in [0.25, 0.3) is 5.56 Å². The van der Waals surface area contributed by atoms with Crippen LogP contribution in [0.4, 0.5) is 14.0 Å². The van der Waals surface area contributed by atoms with Gasteiger partial charge in [-0.15, -0.1) is 0 Å². The van der Waals surface area contributed by atoms with Crippen molar-refractivity contribution in [1.82, 2.24) is 28.4 Å². The van der Waals surface area contributed by atoms with Crippen molar-refractivity contribution in [3.8, 4) is 23.3 Å². The van der Waals surface area contributed by atoms with E-state index >= 15 is 4.39 Å². The first-order chi connectivity index (χ1) is 33.0. The zero-order chi connectivity index (χ0) is 49.5. The molecular weight excluding hydrogens is 979 g/mol. The number of amides is 2. The third-order valence-corrected chi connectivity index (χ3v) is 16.9. The second kappa shape index (κ2) is 22.7. The first kappa shape index (κ1) is 51.7. The van der Waals surface area contributed by atoms with Crippen LogP contribution in [0.3, 0.4) is 0 Å². The molecule has 24 heteroatoms. The maximum absolute atomic E-state index is 15.1. The Morgan fingerprint density at radius 3 is 2.58 bits per heavy atom. The van der Waals surface area contributed by atoms with Crippen LogP contribution < -0.4 is 24.5 Å². The molecular formula is C45H52F2N8O10S4. The van der Waals surface area contributed by atoms with Crippen molar-refractivity contribution in [1.29, 1.82) is 5.26 Å². The van der Waals surface area contributed by atoms with Crippen LogP contribution >= 0.6 is 21.8 Å². The highest BCUT2D eigenvalue weighted by atomic mass is 33.1. The smallest absolute Gasteiger partial charge is 0.453 e. The molecule has 2 N–H and O–H groups in total. The molecule has 3 aliphatic heterocycles. The van der Waals surface area contributed by atoms with Gasteiger partial charge in [0.15, 0.2) is 22.7 Å². The number of hydrogen-bond donors (Lipinski definition) is 2. The quantitative estimate of drug-likeness (QED) is 0.0652. The number of nitrogens with zero attached hydrogens (tertiary/aromatic N) is 6. The molecule has 3 saturated heterocycles. The summed E-state index contributed by atoms with van der Waals surface area (Å²) in [6.45, 7) is 5.02. The van der Waals surface area contributed by atoms with Crippen molar-refractivity contribution in [2.75, 3.05) is 64.7 Å². The van der Waals surface area contributed by atoms with Gasteiger partial charge in [0.2, 0.25) is 11.8 Å². The van der Waals surface area contributed by atoms with Gasteiger partial charge in [-0.25, -0.2) is 21.9 Å². The fourth-order valence-corrected chi connectivity index (χ4v) is 12.1. The van der Waals surface area contributed by atoms with Crippen molar-refractivity contribution in [2.45, 2.75) is 74.6 Å². The van der Waals surface area contributed by atoms with Crippen molar-refractivity contribution in [3.63, 3.8) is 0 Å². The Bertz CT molecular complexity index is 2800. The number of hydrogen-bond acceptors (Lipinski definition) is 15. The largest absolute Gasteiger partial charge is 0.488 e. The van der Waals surface area contributed by atoms with Gasteiger partial charge in [-0.3, -0.25) is 24.0 Å². The number of fused-ring (bicyclic) bond motifs is 1. The molecule has 18 nitrogen and oxygen atoms in total. The molecule has 1 spiro atoms. The zero-order valence-corrected chi connectivity index (χ0v) is 41.3. The summed E-state index contributed by atoms with van der Waals surface area (Å²) in [6, 6.07) is 13.5. The molecule has 3 fully saturated rings. The van der Waals surface area contributed by atoms with Gasteiger partial charge in [-0.1, -0.05) is 33.7 Å². The number of aldehydes is 1. The molecule has 4 heterocycles. The molecule has 4 aromatic rings. The highest BCUT2D eigenvalue weighted by molar-refractivity contribution is 8.76. The standard InChI is InChI=1S/C45H52F2N8O10S4/c1-4-52(3)68(60)51-39-11-9-37(46)43(36(39)24-48)64-32-7-10-38-35(22-32)44(59)55(28-50-38)67-66-33-23-45(63-27-33)15-19-54(20-16-45)42(58)25-53-17-13-29(14-18-53)34-8-5-30(21-40(34)65-69(47,61)62)31(26-56)6-12-41(57)49-2/h5,7-11,21-22,26,28-29,31,33,51H,4,6,12-20,23,25,27H2,1-3H3,(H,49,57). The SMILES string of the molecule is CCN(C)S(=O)Nc1ccc(F)c(Oc2ccc3ncn(SSC4COC5(CCN(C(=O)CN6CCC(c7ccc(C(C=O)CCC(=O)NC)cc7OS(=O)(=O)F)CC6)CC5)C4)c(=O)c3c2)c1C#N. The first-order valence-corrected chi connectivity index (χ1v) is 26.8. The Morgan fingerprint density at radius 1 is 1.14 bits per heavy atom. The predicted molar refractivity (Wildman–Crippen MR) is 258 cm³/mol. The number of carbonyl (C=O) groups excluding carboxylic acids is 3. The highest BCUT2D eigenvalue weighted by Gasteiger charge is 2.44. The molecule has 3 aromatic carbocycles. The molecule has 3 atom stereocenters. The first-order valence-electron chi connectivity index (χ1n) is 22.3. The summed E-state index contributed by atoms with van der Waals surface area (Å²) in [5.41, 5.74) is 0.420. The maximum Gasteiger partial charge on any atom is 0.488 e. The third-order valence-electron chi connectivity index (χ3n) is 12.7. The second-order valence-electron chi connectivity index (χ2n) is 17.0. The molecule has 0 aliphatic carbocycles. The number of anilines is 1. The third kappa shape index (κ3) is 12.8. The summed E-state index contributed by atoms with van der Waals surface area (Å²) in [5.74, 6) is -2.49. The molecule has 3 unspecified atom stereocenters. The Hall–Kier alpha value is -5.16. The molecule has 0 saturated carbocycles. The molecule has 0 bridgehead atoms. The van der Waals surface area contributed by atoms with E-state index in [4.69, 9.17) is 13.7 Å². The van der Waals surface area contributed by atoms with Crippen LogP contribution in [0.25, 0.3) is 10.9 Å². The highest BCUT2D eigenvalue weighted by Crippen LogP contribution is 2.44. The fourth-order valence-electron chi connectivity index (χ4n) is 8.66. The van der Waals surface area contributed by atoms with E-state index in [1.165, 1.54) is 67.7 Å². The van der Waals surface area contributed by atoms with Crippen molar-refractivity contribution < 1.29 is 48.9 Å². The van der Waals surface area contributed by atoms with Gasteiger partial charge in [-0.2, -0.15) is 13.7 Å². The number of likely N-dealkylation sites (tertiary alicyclic amines) is 2. The average Bonchev–Trinajstić information content (AvgIpc) is 3.73. The van der Waals surface area contributed by atoms with Gasteiger partial charge >= 0.3 is 10.5 Å². The zero-order valence-electron chi connectivity index (χ0n) is 38.1. The van der Waals surface area contributed by atoms with Gasteiger partial charge in [0, 0.05) is 62.3 Å². The summed E-state index contributed by atoms with van der Waals surface area (Å²) in [6.07, 6.45) is 5.47. The fraction of sp³-hybridized carbons (Fsp3) is 0.467. The lowest BCUT2D eigenvalue weighted by atomic mass is 9.86. The maximum atomic E-state index is 15.1. The van der Waals surface area contributed by atoms with Gasteiger partial charge in [-0.05, 0) is 105 Å². The van der Waals surface area contributed by atoms with Crippen molar-refractivity contribution >= 4 is 78.1 Å². The number of nitriles is 1. The number of benzene rings is 3. The molecule has 370 valence electrons. The van der Waals surface area contributed by atoms with Crippen LogP contribution in [0.5, 0.6) is 17.2 Å². The van der Waals surface area contributed by atoms with E-state index in [1.807, 2.05) is 22.8 Å². The number of ether oxygens (including phenoxy) is 2.